The summed E-state index contributed by atoms with van der Waals surface area (Å²) in [6.45, 7) is 5.69. The van der Waals surface area contributed by atoms with Crippen LogP contribution in [0.2, 0.25) is 0 Å². The summed E-state index contributed by atoms with van der Waals surface area (Å²) in [6.07, 6.45) is 3.93. The van der Waals surface area contributed by atoms with Crippen molar-refractivity contribution in [1.29, 1.82) is 0 Å². The van der Waals surface area contributed by atoms with Crippen LogP contribution in [0.5, 0.6) is 0 Å². The van der Waals surface area contributed by atoms with Crippen LogP contribution in [0.4, 0.5) is 0 Å². The fraction of sp³-hybridized carbons (Fsp3) is 0.562. The topological polar surface area (TPSA) is 75.3 Å². The Morgan fingerprint density at radius 2 is 1.64 bits per heavy atom. The normalized spacial score (nSPS) is 16.7. The molecule has 1 fully saturated rings. The molecule has 2 rings (SSSR count). The van der Waals surface area contributed by atoms with Crippen LogP contribution < -0.4 is 10.0 Å². The van der Waals surface area contributed by atoms with E-state index in [0.29, 0.717) is 5.56 Å². The van der Waals surface area contributed by atoms with Gasteiger partial charge in [0.1, 0.15) is 0 Å². The van der Waals surface area contributed by atoms with Gasteiger partial charge in [0, 0.05) is 17.1 Å². The Bertz CT molecular complexity index is 624. The fourth-order valence-electron chi connectivity index (χ4n) is 2.53. The minimum Gasteiger partial charge on any atom is -0.347 e. The second-order valence-electron chi connectivity index (χ2n) is 6.83. The molecule has 0 saturated heterocycles. The summed E-state index contributed by atoms with van der Waals surface area (Å²) in [7, 11) is -3.50. The van der Waals surface area contributed by atoms with Gasteiger partial charge in [0.25, 0.3) is 5.91 Å². The molecule has 0 spiro atoms. The van der Waals surface area contributed by atoms with Crippen molar-refractivity contribution in [2.45, 2.75) is 62.9 Å². The minimum absolute atomic E-state index is 0.0360. The quantitative estimate of drug-likeness (QED) is 0.893. The molecule has 1 aromatic rings. The molecule has 6 heteroatoms. The molecule has 0 heterocycles. The van der Waals surface area contributed by atoms with Crippen LogP contribution in [-0.2, 0) is 10.0 Å². The largest absolute Gasteiger partial charge is 0.347 e. The summed E-state index contributed by atoms with van der Waals surface area (Å²) in [6, 6.07) is 6.09. The highest BCUT2D eigenvalue weighted by Crippen LogP contribution is 2.20. The van der Waals surface area contributed by atoms with Crippen molar-refractivity contribution in [3.8, 4) is 0 Å². The fourth-order valence-corrected chi connectivity index (χ4v) is 3.83. The number of sulfonamides is 1. The average molecular weight is 324 g/mol. The van der Waals surface area contributed by atoms with Crippen molar-refractivity contribution in [2.75, 3.05) is 0 Å². The first-order chi connectivity index (χ1) is 10.2. The molecule has 122 valence electrons. The van der Waals surface area contributed by atoms with Crippen molar-refractivity contribution >= 4 is 15.9 Å². The first kappa shape index (κ1) is 17.0. The smallest absolute Gasteiger partial charge is 0.251 e. The number of nitrogens with one attached hydrogen (secondary N) is 2. The van der Waals surface area contributed by atoms with E-state index in [1.54, 1.807) is 12.1 Å². The van der Waals surface area contributed by atoms with E-state index in [2.05, 4.69) is 10.0 Å². The number of hydrogen-bond donors (Lipinski definition) is 2. The molecule has 1 aliphatic carbocycles. The van der Waals surface area contributed by atoms with Gasteiger partial charge in [-0.3, -0.25) is 4.79 Å². The number of benzene rings is 1. The van der Waals surface area contributed by atoms with E-state index in [1.807, 2.05) is 20.8 Å². The van der Waals surface area contributed by atoms with Gasteiger partial charge in [0.05, 0.1) is 4.90 Å². The van der Waals surface area contributed by atoms with Crippen molar-refractivity contribution < 1.29 is 13.2 Å². The summed E-state index contributed by atoms with van der Waals surface area (Å²) in [5, 5.41) is 2.85. The molecule has 0 unspecified atom stereocenters. The molecule has 1 amide bonds. The Kier molecular flexibility index (Phi) is 4.92. The van der Waals surface area contributed by atoms with Crippen LogP contribution in [0.3, 0.4) is 0 Å². The van der Waals surface area contributed by atoms with Crippen LogP contribution in [0.15, 0.2) is 29.2 Å². The van der Waals surface area contributed by atoms with E-state index in [4.69, 9.17) is 0 Å². The standard InChI is InChI=1S/C16H24N2O3S/c1-16(2,3)17-15(19)12-8-10-14(11-9-12)22(20,21)18-13-6-4-5-7-13/h8-11,13,18H,4-7H2,1-3H3,(H,17,19). The van der Waals surface area contributed by atoms with Crippen molar-refractivity contribution in [2.24, 2.45) is 0 Å². The molecule has 5 nitrogen and oxygen atoms in total. The number of carbonyl (C=O) groups is 1. The Hall–Kier alpha value is -1.40. The van der Waals surface area contributed by atoms with Crippen molar-refractivity contribution in [3.05, 3.63) is 29.8 Å². The lowest BCUT2D eigenvalue weighted by atomic mass is 10.1. The highest BCUT2D eigenvalue weighted by molar-refractivity contribution is 7.89. The third-order valence-electron chi connectivity index (χ3n) is 3.59. The van der Waals surface area contributed by atoms with Gasteiger partial charge in [0.15, 0.2) is 0 Å². The molecule has 2 N–H and O–H groups in total. The van der Waals surface area contributed by atoms with E-state index in [9.17, 15) is 13.2 Å². The molecule has 0 radical (unpaired) electrons. The lowest BCUT2D eigenvalue weighted by molar-refractivity contribution is 0.0919. The maximum Gasteiger partial charge on any atom is 0.251 e. The van der Waals surface area contributed by atoms with Gasteiger partial charge in [-0.05, 0) is 57.9 Å². The third-order valence-corrected chi connectivity index (χ3v) is 5.13. The summed E-state index contributed by atoms with van der Waals surface area (Å²) in [4.78, 5) is 12.2. The van der Waals surface area contributed by atoms with Gasteiger partial charge in [-0.2, -0.15) is 0 Å². The van der Waals surface area contributed by atoms with E-state index >= 15 is 0 Å². The van der Waals surface area contributed by atoms with Gasteiger partial charge in [0.2, 0.25) is 10.0 Å². The average Bonchev–Trinajstić information content (AvgIpc) is 2.89. The molecular weight excluding hydrogens is 300 g/mol. The Labute approximate surface area is 132 Å². The maximum absolute atomic E-state index is 12.3. The van der Waals surface area contributed by atoms with Crippen molar-refractivity contribution in [3.63, 3.8) is 0 Å². The summed E-state index contributed by atoms with van der Waals surface area (Å²) < 4.78 is 27.3. The second-order valence-corrected chi connectivity index (χ2v) is 8.55. The van der Waals surface area contributed by atoms with Gasteiger partial charge in [-0.15, -0.1) is 0 Å². The summed E-state index contributed by atoms with van der Waals surface area (Å²) in [5.74, 6) is -0.208. The molecular formula is C16H24N2O3S. The predicted octanol–water partition coefficient (Wildman–Crippen LogP) is 2.44. The molecule has 0 aliphatic heterocycles. The Morgan fingerprint density at radius 3 is 2.14 bits per heavy atom. The third kappa shape index (κ3) is 4.55. The van der Waals surface area contributed by atoms with Gasteiger partial charge < -0.3 is 5.32 Å². The molecule has 1 aliphatic rings. The van der Waals surface area contributed by atoms with E-state index in [0.717, 1.165) is 25.7 Å². The molecule has 0 bridgehead atoms. The molecule has 1 aromatic carbocycles. The zero-order chi connectivity index (χ0) is 16.4. The highest BCUT2D eigenvalue weighted by atomic mass is 32.2. The van der Waals surface area contributed by atoms with Gasteiger partial charge >= 0.3 is 0 Å². The summed E-state index contributed by atoms with van der Waals surface area (Å²) in [5.41, 5.74) is 0.126. The number of hydrogen-bond acceptors (Lipinski definition) is 3. The lowest BCUT2D eigenvalue weighted by Crippen LogP contribution is -2.40. The van der Waals surface area contributed by atoms with Gasteiger partial charge in [-0.25, -0.2) is 13.1 Å². The second kappa shape index (κ2) is 6.38. The minimum atomic E-state index is -3.50. The number of amides is 1. The Morgan fingerprint density at radius 1 is 1.09 bits per heavy atom. The maximum atomic E-state index is 12.3. The first-order valence-corrected chi connectivity index (χ1v) is 9.11. The first-order valence-electron chi connectivity index (χ1n) is 7.62. The van der Waals surface area contributed by atoms with E-state index < -0.39 is 10.0 Å². The van der Waals surface area contributed by atoms with Crippen LogP contribution in [0, 0.1) is 0 Å². The zero-order valence-electron chi connectivity index (χ0n) is 13.3. The molecule has 0 atom stereocenters. The van der Waals surface area contributed by atoms with E-state index in [1.165, 1.54) is 12.1 Å². The van der Waals surface area contributed by atoms with Crippen molar-refractivity contribution in [1.82, 2.24) is 10.0 Å². The number of rotatable bonds is 4. The van der Waals surface area contributed by atoms with Crippen LogP contribution >= 0.6 is 0 Å². The van der Waals surface area contributed by atoms with Crippen LogP contribution in [0.25, 0.3) is 0 Å². The van der Waals surface area contributed by atoms with Crippen LogP contribution in [-0.4, -0.2) is 25.9 Å². The highest BCUT2D eigenvalue weighted by Gasteiger charge is 2.23. The van der Waals surface area contributed by atoms with E-state index in [-0.39, 0.29) is 22.4 Å². The lowest BCUT2D eigenvalue weighted by Gasteiger charge is -2.20. The number of carbonyl (C=O) groups excluding carboxylic acids is 1. The van der Waals surface area contributed by atoms with Gasteiger partial charge in [-0.1, -0.05) is 12.8 Å². The SMILES string of the molecule is CC(C)(C)NC(=O)c1ccc(S(=O)(=O)NC2CCCC2)cc1. The predicted molar refractivity (Wildman–Crippen MR) is 86.2 cm³/mol. The summed E-state index contributed by atoms with van der Waals surface area (Å²) >= 11 is 0. The zero-order valence-corrected chi connectivity index (χ0v) is 14.2. The Balaban J connectivity index is 2.09. The molecule has 0 aromatic heterocycles. The van der Waals surface area contributed by atoms with Crippen LogP contribution in [0.1, 0.15) is 56.8 Å². The molecule has 1 saturated carbocycles. The molecule has 22 heavy (non-hydrogen) atoms. The monoisotopic (exact) mass is 324 g/mol.